The molecule has 0 spiro atoms. The number of anilines is 1. The molecule has 0 radical (unpaired) electrons. The van der Waals surface area contributed by atoms with E-state index in [2.05, 4.69) is 4.98 Å². The number of hydrogen-bond acceptors (Lipinski definition) is 5. The maximum Gasteiger partial charge on any atom is 0.344 e. The third kappa shape index (κ3) is 1.96. The van der Waals surface area contributed by atoms with E-state index < -0.39 is 6.03 Å². The van der Waals surface area contributed by atoms with Crippen LogP contribution < -0.4 is 11.6 Å². The molecule has 8 heteroatoms. The normalized spacial score (nSPS) is 10.0. The molecule has 2 amide bonds. The fraction of sp³-hybridized carbons (Fsp3) is 0.375. The molecular weight excluding hydrogens is 212 g/mol. The average Bonchev–Trinajstić information content (AvgIpc) is 2.57. The van der Waals surface area contributed by atoms with Crippen LogP contribution in [0.3, 0.4) is 0 Å². The van der Waals surface area contributed by atoms with Gasteiger partial charge in [0.2, 0.25) is 0 Å². The van der Waals surface area contributed by atoms with Crippen molar-refractivity contribution in [2.24, 2.45) is 5.84 Å². The fourth-order valence-electron chi connectivity index (χ4n) is 1.06. The van der Waals surface area contributed by atoms with Crippen molar-refractivity contribution in [3.63, 3.8) is 0 Å². The maximum absolute atomic E-state index is 11.6. The summed E-state index contributed by atoms with van der Waals surface area (Å²) >= 11 is 0. The van der Waals surface area contributed by atoms with Crippen molar-refractivity contribution < 1.29 is 9.59 Å². The topological polar surface area (TPSA) is 110 Å². The molecule has 0 aromatic carbocycles. The Morgan fingerprint density at radius 3 is 2.38 bits per heavy atom. The van der Waals surface area contributed by atoms with Crippen LogP contribution in [0.25, 0.3) is 0 Å². The van der Waals surface area contributed by atoms with Crippen molar-refractivity contribution in [3.8, 4) is 0 Å². The van der Waals surface area contributed by atoms with Crippen LogP contribution >= 0.6 is 0 Å². The highest BCUT2D eigenvalue weighted by Crippen LogP contribution is 2.11. The molecule has 0 fully saturated rings. The number of hydrazine groups is 1. The molecule has 0 bridgehead atoms. The molecule has 0 atom stereocenters. The fourth-order valence-corrected chi connectivity index (χ4v) is 1.06. The van der Waals surface area contributed by atoms with E-state index in [1.165, 1.54) is 11.9 Å². The summed E-state index contributed by atoms with van der Waals surface area (Å²) in [5.74, 6) is 4.87. The predicted octanol–water partition coefficient (Wildman–Crippen LogP) is -1.06. The second kappa shape index (κ2) is 4.19. The number of carbonyl (C=O) groups excluding carboxylic acids is 2. The Bertz CT molecular complexity index is 385. The molecule has 4 N–H and O–H groups in total. The van der Waals surface area contributed by atoms with E-state index in [0.717, 1.165) is 15.9 Å². The molecule has 0 aliphatic carbocycles. The molecule has 1 rings (SSSR count). The van der Waals surface area contributed by atoms with Crippen LogP contribution in [0.5, 0.6) is 0 Å². The zero-order chi connectivity index (χ0) is 12.5. The van der Waals surface area contributed by atoms with Crippen LogP contribution in [0, 0.1) is 0 Å². The highest BCUT2D eigenvalue weighted by atomic mass is 16.2. The van der Waals surface area contributed by atoms with Crippen LogP contribution in [-0.2, 0) is 0 Å². The first kappa shape index (κ1) is 12.0. The molecule has 0 saturated heterocycles. The largest absolute Gasteiger partial charge is 0.383 e. The van der Waals surface area contributed by atoms with Crippen molar-refractivity contribution in [3.05, 3.63) is 12.0 Å². The summed E-state index contributed by atoms with van der Waals surface area (Å²) in [6.45, 7) is 0. The van der Waals surface area contributed by atoms with E-state index in [1.807, 2.05) is 0 Å². The lowest BCUT2D eigenvalue weighted by Crippen LogP contribution is -2.37. The number of nitrogens with two attached hydrogens (primary N) is 2. The highest BCUT2D eigenvalue weighted by Gasteiger charge is 2.21. The average molecular weight is 226 g/mol. The number of imidazole rings is 1. The van der Waals surface area contributed by atoms with Crippen molar-refractivity contribution in [1.29, 1.82) is 0 Å². The Labute approximate surface area is 92.4 Å². The van der Waals surface area contributed by atoms with Gasteiger partial charge in [0.05, 0.1) is 0 Å². The van der Waals surface area contributed by atoms with Crippen molar-refractivity contribution in [2.75, 3.05) is 26.9 Å². The van der Waals surface area contributed by atoms with Crippen molar-refractivity contribution >= 4 is 17.8 Å². The molecule has 8 nitrogen and oxygen atoms in total. The first-order chi connectivity index (χ1) is 7.36. The summed E-state index contributed by atoms with van der Waals surface area (Å²) in [7, 11) is 4.50. The Kier molecular flexibility index (Phi) is 3.14. The predicted molar refractivity (Wildman–Crippen MR) is 57.4 cm³/mol. The summed E-state index contributed by atoms with van der Waals surface area (Å²) in [5.41, 5.74) is 5.66. The van der Waals surface area contributed by atoms with Gasteiger partial charge < -0.3 is 10.6 Å². The number of amides is 2. The molecular formula is C8H14N6O2. The second-order valence-corrected chi connectivity index (χ2v) is 3.44. The molecule has 0 aliphatic heterocycles. The first-order valence-corrected chi connectivity index (χ1v) is 4.43. The lowest BCUT2D eigenvalue weighted by atomic mass is 10.4. The highest BCUT2D eigenvalue weighted by molar-refractivity contribution is 5.98. The molecule has 0 aliphatic rings. The maximum atomic E-state index is 11.6. The second-order valence-electron chi connectivity index (χ2n) is 3.44. The summed E-state index contributed by atoms with van der Waals surface area (Å²) in [4.78, 5) is 28.2. The van der Waals surface area contributed by atoms with Gasteiger partial charge in [0.15, 0.2) is 5.69 Å². The van der Waals surface area contributed by atoms with E-state index in [1.54, 1.807) is 14.1 Å². The molecule has 0 saturated carbocycles. The number of nitrogen functional groups attached to an aromatic ring is 1. The Morgan fingerprint density at radius 2 is 1.94 bits per heavy atom. The van der Waals surface area contributed by atoms with E-state index >= 15 is 0 Å². The van der Waals surface area contributed by atoms with E-state index in [4.69, 9.17) is 11.6 Å². The molecule has 1 aromatic heterocycles. The number of aromatic nitrogens is 2. The third-order valence-electron chi connectivity index (χ3n) is 1.92. The number of rotatable bonds is 1. The molecule has 0 unspecified atom stereocenters. The summed E-state index contributed by atoms with van der Waals surface area (Å²) < 4.78 is 1.01. The quantitative estimate of drug-likeness (QED) is 0.360. The van der Waals surface area contributed by atoms with Gasteiger partial charge in [-0.25, -0.2) is 20.2 Å². The van der Waals surface area contributed by atoms with Gasteiger partial charge >= 0.3 is 6.03 Å². The SMILES string of the molecule is CN(C)C(=O)c1ncn(C(=O)N(C)N)c1N. The van der Waals surface area contributed by atoms with Crippen LogP contribution in [-0.4, -0.2) is 52.5 Å². The Hall–Kier alpha value is -2.09. The minimum absolute atomic E-state index is 0.0269. The van der Waals surface area contributed by atoms with Crippen molar-refractivity contribution in [2.45, 2.75) is 0 Å². The number of carbonyl (C=O) groups is 2. The number of hydrogen-bond donors (Lipinski definition) is 2. The van der Waals surface area contributed by atoms with E-state index in [9.17, 15) is 9.59 Å². The van der Waals surface area contributed by atoms with Gasteiger partial charge in [0.25, 0.3) is 5.91 Å². The van der Waals surface area contributed by atoms with Gasteiger partial charge in [-0.3, -0.25) is 9.80 Å². The number of nitrogens with zero attached hydrogens (tertiary/aromatic N) is 4. The van der Waals surface area contributed by atoms with Crippen LogP contribution in [0.15, 0.2) is 6.33 Å². The van der Waals surface area contributed by atoms with Gasteiger partial charge in [-0.1, -0.05) is 0 Å². The summed E-state index contributed by atoms with van der Waals surface area (Å²) in [6, 6.07) is -0.567. The molecule has 1 aromatic rings. The van der Waals surface area contributed by atoms with Crippen molar-refractivity contribution in [1.82, 2.24) is 19.5 Å². The monoisotopic (exact) mass is 226 g/mol. The first-order valence-electron chi connectivity index (χ1n) is 4.43. The lowest BCUT2D eigenvalue weighted by Gasteiger charge is -2.12. The summed E-state index contributed by atoms with van der Waals surface area (Å²) in [6.07, 6.45) is 1.16. The van der Waals surface area contributed by atoms with Gasteiger partial charge in [-0.2, -0.15) is 0 Å². The molecule has 1 heterocycles. The summed E-state index contributed by atoms with van der Waals surface area (Å²) in [5, 5.41) is 0.849. The standard InChI is InChI=1S/C8H14N6O2/c1-12(2)7(15)5-6(9)14(4-11-5)8(16)13(3)10/h4H,9-10H2,1-3H3. The molecule has 16 heavy (non-hydrogen) atoms. The van der Waals surface area contributed by atoms with Gasteiger partial charge in [-0.05, 0) is 0 Å². The van der Waals surface area contributed by atoms with E-state index in [0.29, 0.717) is 0 Å². The van der Waals surface area contributed by atoms with Gasteiger partial charge in [-0.15, -0.1) is 0 Å². The minimum Gasteiger partial charge on any atom is -0.383 e. The third-order valence-corrected chi connectivity index (χ3v) is 1.92. The van der Waals surface area contributed by atoms with Crippen LogP contribution in [0.2, 0.25) is 0 Å². The van der Waals surface area contributed by atoms with Crippen LogP contribution in [0.1, 0.15) is 10.5 Å². The van der Waals surface area contributed by atoms with Gasteiger partial charge in [0.1, 0.15) is 12.1 Å². The smallest absolute Gasteiger partial charge is 0.344 e. The zero-order valence-corrected chi connectivity index (χ0v) is 9.34. The van der Waals surface area contributed by atoms with Crippen LogP contribution in [0.4, 0.5) is 10.6 Å². The lowest BCUT2D eigenvalue weighted by molar-refractivity contribution is 0.0823. The van der Waals surface area contributed by atoms with E-state index in [-0.39, 0.29) is 17.4 Å². The Balaban J connectivity index is 3.11. The molecule has 88 valence electrons. The van der Waals surface area contributed by atoms with Gasteiger partial charge in [0, 0.05) is 21.1 Å². The minimum atomic E-state index is -0.567. The Morgan fingerprint density at radius 1 is 1.38 bits per heavy atom. The zero-order valence-electron chi connectivity index (χ0n) is 9.34.